The number of methoxy groups -OCH3 is 1. The van der Waals surface area contributed by atoms with Crippen molar-refractivity contribution in [3.8, 4) is 11.5 Å². The third-order valence-electron chi connectivity index (χ3n) is 5.40. The van der Waals surface area contributed by atoms with Crippen LogP contribution in [0.15, 0.2) is 42.5 Å². The minimum absolute atomic E-state index is 0.132. The SMILES string of the molecule is CCCCNC(=O)[C@@H](CC)N(Cc1cccc(OC)c1)C(=O)COc1cc(C)ccc1C. The topological polar surface area (TPSA) is 67.9 Å². The molecule has 0 aliphatic rings. The molecule has 1 atom stereocenters. The van der Waals surface area contributed by atoms with Crippen molar-refractivity contribution in [1.82, 2.24) is 10.2 Å². The molecule has 174 valence electrons. The van der Waals surface area contributed by atoms with Crippen molar-refractivity contribution in [2.45, 2.75) is 59.5 Å². The first-order valence-corrected chi connectivity index (χ1v) is 11.3. The zero-order valence-electron chi connectivity index (χ0n) is 19.9. The second-order valence-electron chi connectivity index (χ2n) is 8.00. The van der Waals surface area contributed by atoms with E-state index in [9.17, 15) is 9.59 Å². The summed E-state index contributed by atoms with van der Waals surface area (Å²) in [7, 11) is 1.61. The number of rotatable bonds is 12. The molecule has 0 unspecified atom stereocenters. The van der Waals surface area contributed by atoms with Gasteiger partial charge in [-0.1, -0.05) is 44.5 Å². The number of nitrogens with one attached hydrogen (secondary N) is 1. The summed E-state index contributed by atoms with van der Waals surface area (Å²) in [6.45, 7) is 8.69. The Balaban J connectivity index is 2.23. The van der Waals surface area contributed by atoms with Gasteiger partial charge in [-0.2, -0.15) is 0 Å². The number of hydrogen-bond donors (Lipinski definition) is 1. The van der Waals surface area contributed by atoms with Gasteiger partial charge in [-0.15, -0.1) is 0 Å². The number of aryl methyl sites for hydroxylation is 2. The Morgan fingerprint density at radius 3 is 2.56 bits per heavy atom. The minimum atomic E-state index is -0.576. The quantitative estimate of drug-likeness (QED) is 0.496. The van der Waals surface area contributed by atoms with Gasteiger partial charge in [-0.05, 0) is 61.6 Å². The molecular formula is C26H36N2O4. The van der Waals surface area contributed by atoms with Crippen LogP contribution in [0.4, 0.5) is 0 Å². The highest BCUT2D eigenvalue weighted by Gasteiger charge is 2.29. The molecule has 0 saturated heterocycles. The van der Waals surface area contributed by atoms with E-state index in [0.717, 1.165) is 29.5 Å². The minimum Gasteiger partial charge on any atom is -0.497 e. The molecule has 0 fully saturated rings. The van der Waals surface area contributed by atoms with E-state index in [0.29, 0.717) is 31.0 Å². The molecule has 0 aliphatic heterocycles. The Hall–Kier alpha value is -3.02. The summed E-state index contributed by atoms with van der Waals surface area (Å²) in [6, 6.07) is 12.9. The van der Waals surface area contributed by atoms with E-state index in [1.165, 1.54) is 0 Å². The van der Waals surface area contributed by atoms with Crippen LogP contribution < -0.4 is 14.8 Å². The Kier molecular flexibility index (Phi) is 10.1. The summed E-state index contributed by atoms with van der Waals surface area (Å²) in [5.74, 6) is 1.03. The summed E-state index contributed by atoms with van der Waals surface area (Å²) >= 11 is 0. The van der Waals surface area contributed by atoms with E-state index in [1.807, 2.05) is 63.2 Å². The van der Waals surface area contributed by atoms with Gasteiger partial charge in [-0.3, -0.25) is 9.59 Å². The van der Waals surface area contributed by atoms with Crippen LogP contribution in [0.1, 0.15) is 49.8 Å². The van der Waals surface area contributed by atoms with Crippen LogP contribution in [0.5, 0.6) is 11.5 Å². The number of nitrogens with zero attached hydrogens (tertiary/aromatic N) is 1. The van der Waals surface area contributed by atoms with Gasteiger partial charge in [0.1, 0.15) is 17.5 Å². The van der Waals surface area contributed by atoms with Crippen molar-refractivity contribution in [3.05, 3.63) is 59.2 Å². The van der Waals surface area contributed by atoms with E-state index in [1.54, 1.807) is 12.0 Å². The maximum Gasteiger partial charge on any atom is 0.261 e. The summed E-state index contributed by atoms with van der Waals surface area (Å²) < 4.78 is 11.2. The summed E-state index contributed by atoms with van der Waals surface area (Å²) in [5.41, 5.74) is 2.92. The Morgan fingerprint density at radius 2 is 1.88 bits per heavy atom. The van der Waals surface area contributed by atoms with Crippen molar-refractivity contribution in [1.29, 1.82) is 0 Å². The number of unbranched alkanes of at least 4 members (excludes halogenated alkanes) is 1. The van der Waals surface area contributed by atoms with Crippen molar-refractivity contribution in [2.75, 3.05) is 20.3 Å². The molecule has 1 N–H and O–H groups in total. The fourth-order valence-corrected chi connectivity index (χ4v) is 3.48. The molecule has 0 saturated carbocycles. The number of hydrogen-bond acceptors (Lipinski definition) is 4. The average Bonchev–Trinajstić information content (AvgIpc) is 2.79. The van der Waals surface area contributed by atoms with Gasteiger partial charge < -0.3 is 19.7 Å². The van der Waals surface area contributed by atoms with Gasteiger partial charge in [0.15, 0.2) is 6.61 Å². The van der Waals surface area contributed by atoms with Crippen LogP contribution in [-0.2, 0) is 16.1 Å². The lowest BCUT2D eigenvalue weighted by molar-refractivity contribution is -0.143. The molecule has 0 aromatic heterocycles. The van der Waals surface area contributed by atoms with Gasteiger partial charge in [0.05, 0.1) is 7.11 Å². The molecule has 2 aromatic rings. The van der Waals surface area contributed by atoms with Gasteiger partial charge in [0.25, 0.3) is 5.91 Å². The number of benzene rings is 2. The van der Waals surface area contributed by atoms with Crippen LogP contribution in [0.3, 0.4) is 0 Å². The highest BCUT2D eigenvalue weighted by atomic mass is 16.5. The van der Waals surface area contributed by atoms with Crippen LogP contribution in [-0.4, -0.2) is 43.0 Å². The van der Waals surface area contributed by atoms with Gasteiger partial charge in [0.2, 0.25) is 5.91 Å². The normalized spacial score (nSPS) is 11.5. The molecule has 0 aliphatic carbocycles. The molecule has 6 nitrogen and oxygen atoms in total. The highest BCUT2D eigenvalue weighted by molar-refractivity contribution is 5.88. The first-order chi connectivity index (χ1) is 15.4. The van der Waals surface area contributed by atoms with E-state index in [2.05, 4.69) is 12.2 Å². The van der Waals surface area contributed by atoms with Crippen molar-refractivity contribution in [2.24, 2.45) is 0 Å². The largest absolute Gasteiger partial charge is 0.497 e. The summed E-state index contributed by atoms with van der Waals surface area (Å²) in [4.78, 5) is 27.8. The first kappa shape index (κ1) is 25.2. The van der Waals surface area contributed by atoms with Crippen molar-refractivity contribution >= 4 is 11.8 Å². The zero-order valence-corrected chi connectivity index (χ0v) is 19.9. The molecule has 2 amide bonds. The Labute approximate surface area is 191 Å². The van der Waals surface area contributed by atoms with Crippen LogP contribution in [0, 0.1) is 13.8 Å². The molecule has 0 radical (unpaired) electrons. The predicted octanol–water partition coefficient (Wildman–Crippen LogP) is 4.41. The van der Waals surface area contributed by atoms with E-state index < -0.39 is 6.04 Å². The first-order valence-electron chi connectivity index (χ1n) is 11.3. The van der Waals surface area contributed by atoms with E-state index in [-0.39, 0.29) is 18.4 Å². The number of carbonyl (C=O) groups excluding carboxylic acids is 2. The van der Waals surface area contributed by atoms with Gasteiger partial charge in [-0.25, -0.2) is 0 Å². The molecule has 0 bridgehead atoms. The number of carbonyl (C=O) groups is 2. The van der Waals surface area contributed by atoms with Crippen molar-refractivity contribution in [3.63, 3.8) is 0 Å². The highest BCUT2D eigenvalue weighted by Crippen LogP contribution is 2.21. The third-order valence-corrected chi connectivity index (χ3v) is 5.40. The number of ether oxygens (including phenoxy) is 2. The van der Waals surface area contributed by atoms with Crippen LogP contribution in [0.2, 0.25) is 0 Å². The smallest absolute Gasteiger partial charge is 0.261 e. The second-order valence-corrected chi connectivity index (χ2v) is 8.00. The fourth-order valence-electron chi connectivity index (χ4n) is 3.48. The molecule has 0 spiro atoms. The predicted molar refractivity (Wildman–Crippen MR) is 127 cm³/mol. The lowest BCUT2D eigenvalue weighted by Gasteiger charge is -2.30. The lowest BCUT2D eigenvalue weighted by atomic mass is 10.1. The maximum absolute atomic E-state index is 13.3. The molecule has 2 aromatic carbocycles. The van der Waals surface area contributed by atoms with E-state index in [4.69, 9.17) is 9.47 Å². The van der Waals surface area contributed by atoms with Crippen LogP contribution >= 0.6 is 0 Å². The number of amides is 2. The molecule has 6 heteroatoms. The van der Waals surface area contributed by atoms with Gasteiger partial charge in [0, 0.05) is 13.1 Å². The maximum atomic E-state index is 13.3. The van der Waals surface area contributed by atoms with Crippen molar-refractivity contribution < 1.29 is 19.1 Å². The zero-order chi connectivity index (χ0) is 23.5. The van der Waals surface area contributed by atoms with Gasteiger partial charge >= 0.3 is 0 Å². The lowest BCUT2D eigenvalue weighted by Crippen LogP contribution is -2.50. The van der Waals surface area contributed by atoms with E-state index >= 15 is 0 Å². The van der Waals surface area contributed by atoms with Crippen LogP contribution in [0.25, 0.3) is 0 Å². The monoisotopic (exact) mass is 440 g/mol. The average molecular weight is 441 g/mol. The Bertz CT molecular complexity index is 897. The Morgan fingerprint density at radius 1 is 1.09 bits per heavy atom. The standard InChI is InChI=1S/C26H36N2O4/c1-6-8-14-27-26(30)23(7-2)28(17-21-10-9-11-22(16-21)31-5)25(29)18-32-24-15-19(3)12-13-20(24)4/h9-13,15-16,23H,6-8,14,17-18H2,1-5H3,(H,27,30)/t23-/m1/s1. The third kappa shape index (κ3) is 7.29. The summed E-state index contributed by atoms with van der Waals surface area (Å²) in [5, 5.41) is 2.97. The fraction of sp³-hybridized carbons (Fsp3) is 0.462. The molecular weight excluding hydrogens is 404 g/mol. The summed E-state index contributed by atoms with van der Waals surface area (Å²) in [6.07, 6.45) is 2.41. The molecule has 2 rings (SSSR count). The molecule has 32 heavy (non-hydrogen) atoms. The second kappa shape index (κ2) is 12.7. The molecule has 0 heterocycles.